The molecule has 3 amide bonds. The molecule has 1 aliphatic heterocycles. The number of nitrogens with one attached hydrogen (secondary N) is 4. The van der Waals surface area contributed by atoms with Crippen LogP contribution in [0.2, 0.25) is 5.02 Å². The van der Waals surface area contributed by atoms with Gasteiger partial charge >= 0.3 is 6.03 Å². The van der Waals surface area contributed by atoms with Gasteiger partial charge in [-0.25, -0.2) is 15.3 Å². The molecule has 0 spiro atoms. The van der Waals surface area contributed by atoms with Crippen LogP contribution in [0.15, 0.2) is 41.2 Å². The number of carbonyl (C=O) groups is 2. The Bertz CT molecular complexity index is 1210. The second-order valence-corrected chi connectivity index (χ2v) is 7.04. The maximum atomic E-state index is 12.4. The van der Waals surface area contributed by atoms with Crippen molar-refractivity contribution in [3.63, 3.8) is 0 Å². The molecule has 0 radical (unpaired) electrons. The first-order valence-corrected chi connectivity index (χ1v) is 9.80. The molecule has 4 N–H and O–H groups in total. The highest BCUT2D eigenvalue weighted by atomic mass is 35.5. The molecule has 11 heteroatoms. The molecule has 3 aromatic rings. The van der Waals surface area contributed by atoms with Crippen LogP contribution in [0.3, 0.4) is 0 Å². The molecule has 0 aliphatic carbocycles. The highest BCUT2D eigenvalue weighted by molar-refractivity contribution is 6.32. The van der Waals surface area contributed by atoms with Gasteiger partial charge in [-0.2, -0.15) is 5.10 Å². The van der Waals surface area contributed by atoms with Gasteiger partial charge in [0, 0.05) is 11.9 Å². The van der Waals surface area contributed by atoms with E-state index in [0.29, 0.717) is 46.9 Å². The van der Waals surface area contributed by atoms with Crippen LogP contribution in [0.1, 0.15) is 16.1 Å². The topological polar surface area (TPSA) is 134 Å². The summed E-state index contributed by atoms with van der Waals surface area (Å²) >= 11 is 6.20. The minimum Gasteiger partial charge on any atom is -0.486 e. The van der Waals surface area contributed by atoms with E-state index in [-0.39, 0.29) is 12.2 Å². The van der Waals surface area contributed by atoms with Gasteiger partial charge in [0.15, 0.2) is 17.2 Å². The van der Waals surface area contributed by atoms with Crippen molar-refractivity contribution in [3.05, 3.63) is 63.0 Å². The monoisotopic (exact) mass is 443 g/mol. The fraction of sp³-hybridized carbons (Fsp3) is 0.200. The van der Waals surface area contributed by atoms with E-state index in [0.717, 1.165) is 5.56 Å². The number of ether oxygens (including phenoxy) is 2. The Hall–Kier alpha value is -3.79. The molecule has 0 saturated heterocycles. The summed E-state index contributed by atoms with van der Waals surface area (Å²) in [5.41, 5.74) is 4.97. The fourth-order valence-corrected chi connectivity index (χ4v) is 3.42. The van der Waals surface area contributed by atoms with E-state index in [4.69, 9.17) is 21.1 Å². The molecule has 31 heavy (non-hydrogen) atoms. The Morgan fingerprint density at radius 3 is 2.71 bits per heavy atom. The van der Waals surface area contributed by atoms with Crippen LogP contribution < -0.4 is 31.2 Å². The minimum atomic E-state index is -0.666. The summed E-state index contributed by atoms with van der Waals surface area (Å²) in [6, 6.07) is 9.51. The molecule has 1 aromatic heterocycles. The van der Waals surface area contributed by atoms with Crippen molar-refractivity contribution in [1.29, 1.82) is 0 Å². The molecule has 1 aliphatic rings. The molecular formula is C20H18ClN5O5. The molecule has 2 heterocycles. The number of rotatable bonds is 4. The number of aromatic amines is 1. The summed E-state index contributed by atoms with van der Waals surface area (Å²) < 4.78 is 11.0. The zero-order valence-electron chi connectivity index (χ0n) is 16.2. The Kier molecular flexibility index (Phi) is 5.89. The summed E-state index contributed by atoms with van der Waals surface area (Å²) in [7, 11) is 0. The zero-order valence-corrected chi connectivity index (χ0v) is 16.9. The molecule has 10 nitrogen and oxygen atoms in total. The van der Waals surface area contributed by atoms with Crippen LogP contribution in [0.4, 0.5) is 4.79 Å². The summed E-state index contributed by atoms with van der Waals surface area (Å²) in [4.78, 5) is 36.2. The molecule has 0 fully saturated rings. The number of fused-ring (bicyclic) bond motifs is 2. The van der Waals surface area contributed by atoms with Crippen molar-refractivity contribution in [2.75, 3.05) is 19.8 Å². The SMILES string of the molecule is O=C(NCCc1cc(Cl)c2c(c1)OCCO2)NNC(=O)c1n[nH]c(=O)c2ccccc12. The highest BCUT2D eigenvalue weighted by Crippen LogP contribution is 2.38. The smallest absolute Gasteiger partial charge is 0.333 e. The number of nitrogens with zero attached hydrogens (tertiary/aromatic N) is 1. The molecule has 160 valence electrons. The molecule has 0 unspecified atom stereocenters. The first kappa shape index (κ1) is 20.5. The molecule has 0 bridgehead atoms. The van der Waals surface area contributed by atoms with Gasteiger partial charge in [0.1, 0.15) is 13.2 Å². The van der Waals surface area contributed by atoms with E-state index >= 15 is 0 Å². The zero-order chi connectivity index (χ0) is 21.8. The Morgan fingerprint density at radius 1 is 1.10 bits per heavy atom. The van der Waals surface area contributed by atoms with Gasteiger partial charge in [0.05, 0.1) is 10.4 Å². The van der Waals surface area contributed by atoms with Crippen molar-refractivity contribution in [2.45, 2.75) is 6.42 Å². The first-order chi connectivity index (χ1) is 15.0. The number of hydrogen-bond donors (Lipinski definition) is 4. The Morgan fingerprint density at radius 2 is 1.87 bits per heavy atom. The molecule has 4 rings (SSSR count). The molecule has 0 saturated carbocycles. The van der Waals surface area contributed by atoms with Crippen LogP contribution in [0, 0.1) is 0 Å². The van der Waals surface area contributed by atoms with Gasteiger partial charge < -0.3 is 14.8 Å². The van der Waals surface area contributed by atoms with Crippen molar-refractivity contribution >= 4 is 34.3 Å². The van der Waals surface area contributed by atoms with Crippen LogP contribution in [-0.2, 0) is 6.42 Å². The number of urea groups is 1. The number of H-pyrrole nitrogens is 1. The van der Waals surface area contributed by atoms with Gasteiger partial charge in [-0.05, 0) is 30.2 Å². The lowest BCUT2D eigenvalue weighted by atomic mass is 10.1. The fourth-order valence-electron chi connectivity index (χ4n) is 3.13. The van der Waals surface area contributed by atoms with E-state index < -0.39 is 17.5 Å². The first-order valence-electron chi connectivity index (χ1n) is 9.42. The third-order valence-corrected chi connectivity index (χ3v) is 4.84. The predicted octanol–water partition coefficient (Wildman–Crippen LogP) is 1.53. The minimum absolute atomic E-state index is 0.0126. The average Bonchev–Trinajstić information content (AvgIpc) is 2.78. The number of halogens is 1. The average molecular weight is 444 g/mol. The Labute approximate surface area is 180 Å². The number of amides is 3. The molecular weight excluding hydrogens is 426 g/mol. The lowest BCUT2D eigenvalue weighted by molar-refractivity contribution is 0.0932. The van der Waals surface area contributed by atoms with E-state index in [1.807, 2.05) is 6.07 Å². The normalized spacial score (nSPS) is 12.3. The van der Waals surface area contributed by atoms with E-state index in [9.17, 15) is 14.4 Å². The van der Waals surface area contributed by atoms with Gasteiger partial charge in [-0.3, -0.25) is 15.0 Å². The van der Waals surface area contributed by atoms with Gasteiger partial charge in [-0.1, -0.05) is 29.8 Å². The summed E-state index contributed by atoms with van der Waals surface area (Å²) in [6.07, 6.45) is 0.490. The summed E-state index contributed by atoms with van der Waals surface area (Å²) in [6.45, 7) is 1.19. The lowest BCUT2D eigenvalue weighted by Gasteiger charge is -2.20. The maximum Gasteiger partial charge on any atom is 0.333 e. The van der Waals surface area contributed by atoms with Crippen LogP contribution in [-0.4, -0.2) is 41.9 Å². The second-order valence-electron chi connectivity index (χ2n) is 6.63. The van der Waals surface area contributed by atoms with Crippen LogP contribution >= 0.6 is 11.6 Å². The number of hydrogen-bond acceptors (Lipinski definition) is 6. The van der Waals surface area contributed by atoms with Crippen molar-refractivity contribution < 1.29 is 19.1 Å². The summed E-state index contributed by atoms with van der Waals surface area (Å²) in [5.74, 6) is 0.431. The van der Waals surface area contributed by atoms with Crippen molar-refractivity contribution in [3.8, 4) is 11.5 Å². The number of aromatic nitrogens is 2. The number of benzene rings is 2. The quantitative estimate of drug-likeness (QED) is 0.452. The number of carbonyl (C=O) groups excluding carboxylic acids is 2. The van der Waals surface area contributed by atoms with Crippen LogP contribution in [0.25, 0.3) is 10.8 Å². The standard InChI is InChI=1S/C20H18ClN5O5/c21-14-9-11(10-15-17(14)31-8-7-30-15)5-6-22-20(29)26-25-19(28)16-12-3-1-2-4-13(12)18(27)24-23-16/h1-4,9-10H,5-8H2,(H,24,27)(H,25,28)(H2,22,26,29). The van der Waals surface area contributed by atoms with E-state index in [2.05, 4.69) is 26.4 Å². The van der Waals surface area contributed by atoms with Gasteiger partial charge in [-0.15, -0.1) is 0 Å². The summed E-state index contributed by atoms with van der Waals surface area (Å²) in [5, 5.41) is 9.81. The lowest BCUT2D eigenvalue weighted by Crippen LogP contribution is -2.47. The van der Waals surface area contributed by atoms with E-state index in [1.54, 1.807) is 30.3 Å². The van der Waals surface area contributed by atoms with E-state index in [1.165, 1.54) is 0 Å². The van der Waals surface area contributed by atoms with Crippen LogP contribution in [0.5, 0.6) is 11.5 Å². The third-order valence-electron chi connectivity index (χ3n) is 4.56. The number of hydrazine groups is 1. The molecule has 2 aromatic carbocycles. The maximum absolute atomic E-state index is 12.4. The predicted molar refractivity (Wildman–Crippen MR) is 113 cm³/mol. The second kappa shape index (κ2) is 8.92. The van der Waals surface area contributed by atoms with Crippen molar-refractivity contribution in [1.82, 2.24) is 26.4 Å². The largest absolute Gasteiger partial charge is 0.486 e. The molecule has 0 atom stereocenters. The van der Waals surface area contributed by atoms with Gasteiger partial charge in [0.2, 0.25) is 0 Å². The Balaban J connectivity index is 1.30. The third kappa shape index (κ3) is 4.53. The van der Waals surface area contributed by atoms with Crippen molar-refractivity contribution in [2.24, 2.45) is 0 Å². The van der Waals surface area contributed by atoms with Gasteiger partial charge in [0.25, 0.3) is 11.5 Å². The highest BCUT2D eigenvalue weighted by Gasteiger charge is 2.17.